The van der Waals surface area contributed by atoms with Gasteiger partial charge in [-0.25, -0.2) is 4.63 Å². The SMILES string of the molecule is COc1ccccc1CNCCNC(=O)c1nonc1N. The van der Waals surface area contributed by atoms with Gasteiger partial charge in [0.05, 0.1) is 7.11 Å². The van der Waals surface area contributed by atoms with Crippen molar-refractivity contribution in [3.63, 3.8) is 0 Å². The van der Waals surface area contributed by atoms with Crippen molar-refractivity contribution >= 4 is 11.7 Å². The number of hydrogen-bond donors (Lipinski definition) is 3. The summed E-state index contributed by atoms with van der Waals surface area (Å²) in [5, 5.41) is 12.6. The van der Waals surface area contributed by atoms with Crippen LogP contribution in [0.4, 0.5) is 5.82 Å². The summed E-state index contributed by atoms with van der Waals surface area (Å²) in [6, 6.07) is 7.74. The molecular weight excluding hydrogens is 274 g/mol. The van der Waals surface area contributed by atoms with E-state index in [0.29, 0.717) is 19.6 Å². The minimum absolute atomic E-state index is 0.000251. The third kappa shape index (κ3) is 3.93. The number of carbonyl (C=O) groups excluding carboxylic acids is 1. The van der Waals surface area contributed by atoms with E-state index < -0.39 is 5.91 Å². The van der Waals surface area contributed by atoms with Crippen LogP contribution in [0.3, 0.4) is 0 Å². The first kappa shape index (κ1) is 14.8. The number of amides is 1. The smallest absolute Gasteiger partial charge is 0.277 e. The Bertz CT molecular complexity index is 599. The maximum atomic E-state index is 11.7. The first-order valence-corrected chi connectivity index (χ1v) is 6.41. The highest BCUT2D eigenvalue weighted by Gasteiger charge is 2.14. The van der Waals surface area contributed by atoms with Gasteiger partial charge in [0.15, 0.2) is 0 Å². The third-order valence-corrected chi connectivity index (χ3v) is 2.82. The molecule has 21 heavy (non-hydrogen) atoms. The van der Waals surface area contributed by atoms with Crippen LogP contribution < -0.4 is 21.1 Å². The van der Waals surface area contributed by atoms with E-state index in [1.807, 2.05) is 24.3 Å². The molecule has 1 amide bonds. The number of aromatic nitrogens is 2. The first-order valence-electron chi connectivity index (χ1n) is 6.41. The largest absolute Gasteiger partial charge is 0.496 e. The van der Waals surface area contributed by atoms with Crippen molar-refractivity contribution in [2.45, 2.75) is 6.54 Å². The second-order valence-electron chi connectivity index (χ2n) is 4.24. The van der Waals surface area contributed by atoms with Crippen molar-refractivity contribution in [1.82, 2.24) is 20.9 Å². The predicted molar refractivity (Wildman–Crippen MR) is 75.7 cm³/mol. The summed E-state index contributed by atoms with van der Waals surface area (Å²) in [6.07, 6.45) is 0. The minimum Gasteiger partial charge on any atom is -0.496 e. The Balaban J connectivity index is 1.71. The molecule has 2 rings (SSSR count). The zero-order valence-corrected chi connectivity index (χ0v) is 11.6. The molecule has 0 fully saturated rings. The van der Waals surface area contributed by atoms with Crippen LogP contribution in [0, 0.1) is 0 Å². The molecule has 112 valence electrons. The number of carbonyl (C=O) groups is 1. The summed E-state index contributed by atoms with van der Waals surface area (Å²) in [5.74, 6) is 0.401. The summed E-state index contributed by atoms with van der Waals surface area (Å²) in [4.78, 5) is 11.7. The summed E-state index contributed by atoms with van der Waals surface area (Å²) in [5.41, 5.74) is 6.47. The Kier molecular flexibility index (Phi) is 5.10. The molecular formula is C13H17N5O3. The Labute approximate surface area is 121 Å². The van der Waals surface area contributed by atoms with Crippen molar-refractivity contribution in [2.75, 3.05) is 25.9 Å². The third-order valence-electron chi connectivity index (χ3n) is 2.82. The number of benzene rings is 1. The fraction of sp³-hybridized carbons (Fsp3) is 0.308. The van der Waals surface area contributed by atoms with E-state index >= 15 is 0 Å². The van der Waals surface area contributed by atoms with Gasteiger partial charge in [0, 0.05) is 25.2 Å². The fourth-order valence-corrected chi connectivity index (χ4v) is 1.77. The van der Waals surface area contributed by atoms with E-state index in [4.69, 9.17) is 10.5 Å². The monoisotopic (exact) mass is 291 g/mol. The summed E-state index contributed by atoms with van der Waals surface area (Å²) < 4.78 is 9.62. The molecule has 1 heterocycles. The number of nitrogens with zero attached hydrogens (tertiary/aromatic N) is 2. The molecule has 0 saturated carbocycles. The Morgan fingerprint density at radius 2 is 2.14 bits per heavy atom. The average Bonchev–Trinajstić information content (AvgIpc) is 2.93. The van der Waals surface area contributed by atoms with Crippen LogP contribution in [-0.4, -0.2) is 36.4 Å². The topological polar surface area (TPSA) is 115 Å². The van der Waals surface area contributed by atoms with Gasteiger partial charge in [0.2, 0.25) is 11.5 Å². The van der Waals surface area contributed by atoms with Crippen LogP contribution in [-0.2, 0) is 6.54 Å². The van der Waals surface area contributed by atoms with Crippen LogP contribution in [0.15, 0.2) is 28.9 Å². The minimum atomic E-state index is -0.409. The molecule has 8 heteroatoms. The molecule has 1 aromatic carbocycles. The number of methoxy groups -OCH3 is 1. The number of anilines is 1. The van der Waals surface area contributed by atoms with Gasteiger partial charge >= 0.3 is 0 Å². The van der Waals surface area contributed by atoms with Crippen LogP contribution in [0.2, 0.25) is 0 Å². The lowest BCUT2D eigenvalue weighted by Crippen LogP contribution is -2.32. The quantitative estimate of drug-likeness (QED) is 0.623. The Hall–Kier alpha value is -2.61. The highest BCUT2D eigenvalue weighted by atomic mass is 16.6. The van der Waals surface area contributed by atoms with Gasteiger partial charge in [-0.05, 0) is 16.4 Å². The molecule has 0 saturated heterocycles. The van der Waals surface area contributed by atoms with Gasteiger partial charge < -0.3 is 21.1 Å². The van der Waals surface area contributed by atoms with Gasteiger partial charge in [-0.1, -0.05) is 18.2 Å². The molecule has 0 aliphatic carbocycles. The van der Waals surface area contributed by atoms with Crippen molar-refractivity contribution in [1.29, 1.82) is 0 Å². The zero-order valence-electron chi connectivity index (χ0n) is 11.6. The molecule has 0 aliphatic heterocycles. The van der Waals surface area contributed by atoms with Crippen molar-refractivity contribution in [3.8, 4) is 5.75 Å². The lowest BCUT2D eigenvalue weighted by Gasteiger charge is -2.09. The molecule has 0 bridgehead atoms. The highest BCUT2D eigenvalue weighted by molar-refractivity contribution is 5.95. The lowest BCUT2D eigenvalue weighted by atomic mass is 10.2. The molecule has 0 radical (unpaired) electrons. The number of nitrogen functional groups attached to an aromatic ring is 1. The number of hydrogen-bond acceptors (Lipinski definition) is 7. The van der Waals surface area contributed by atoms with Crippen LogP contribution in [0.25, 0.3) is 0 Å². The molecule has 8 nitrogen and oxygen atoms in total. The van der Waals surface area contributed by atoms with E-state index in [2.05, 4.69) is 25.6 Å². The normalized spacial score (nSPS) is 10.3. The zero-order chi connectivity index (χ0) is 15.1. The Morgan fingerprint density at radius 1 is 1.33 bits per heavy atom. The van der Waals surface area contributed by atoms with E-state index in [0.717, 1.165) is 11.3 Å². The number of rotatable bonds is 7. The molecule has 0 atom stereocenters. The van der Waals surface area contributed by atoms with Crippen LogP contribution >= 0.6 is 0 Å². The maximum Gasteiger partial charge on any atom is 0.277 e. The molecule has 0 aliphatic rings. The Morgan fingerprint density at radius 3 is 2.86 bits per heavy atom. The summed E-state index contributed by atoms with van der Waals surface area (Å²) in [7, 11) is 1.63. The summed E-state index contributed by atoms with van der Waals surface area (Å²) >= 11 is 0. The molecule has 2 aromatic rings. The number of nitrogens with two attached hydrogens (primary N) is 1. The fourth-order valence-electron chi connectivity index (χ4n) is 1.77. The number of ether oxygens (including phenoxy) is 1. The van der Waals surface area contributed by atoms with E-state index in [9.17, 15) is 4.79 Å². The van der Waals surface area contributed by atoms with Crippen LogP contribution in [0.5, 0.6) is 5.75 Å². The number of nitrogens with one attached hydrogen (secondary N) is 2. The van der Waals surface area contributed by atoms with Gasteiger partial charge in [0.1, 0.15) is 5.75 Å². The highest BCUT2D eigenvalue weighted by Crippen LogP contribution is 2.16. The predicted octanol–water partition coefficient (Wildman–Crippen LogP) is 0.180. The second-order valence-corrected chi connectivity index (χ2v) is 4.24. The van der Waals surface area contributed by atoms with Gasteiger partial charge in [0.25, 0.3) is 5.91 Å². The lowest BCUT2D eigenvalue weighted by molar-refractivity contribution is 0.0944. The molecule has 1 aromatic heterocycles. The van der Waals surface area contributed by atoms with Gasteiger partial charge in [-0.2, -0.15) is 0 Å². The van der Waals surface area contributed by atoms with E-state index in [-0.39, 0.29) is 11.5 Å². The average molecular weight is 291 g/mol. The van der Waals surface area contributed by atoms with Gasteiger partial charge in [-0.3, -0.25) is 4.79 Å². The van der Waals surface area contributed by atoms with Crippen molar-refractivity contribution < 1.29 is 14.2 Å². The molecule has 0 unspecified atom stereocenters. The van der Waals surface area contributed by atoms with Crippen molar-refractivity contribution in [3.05, 3.63) is 35.5 Å². The number of para-hydroxylation sites is 1. The second kappa shape index (κ2) is 7.25. The maximum absolute atomic E-state index is 11.7. The first-order chi connectivity index (χ1) is 10.2. The summed E-state index contributed by atoms with van der Waals surface area (Å²) in [6.45, 7) is 1.67. The van der Waals surface area contributed by atoms with Gasteiger partial charge in [-0.15, -0.1) is 0 Å². The van der Waals surface area contributed by atoms with E-state index in [1.54, 1.807) is 7.11 Å². The standard InChI is InChI=1S/C13H17N5O3/c1-20-10-5-3-2-4-9(10)8-15-6-7-16-13(19)11-12(14)18-21-17-11/h2-5,15H,6-8H2,1H3,(H2,14,18)(H,16,19). The van der Waals surface area contributed by atoms with Crippen molar-refractivity contribution in [2.24, 2.45) is 0 Å². The molecule has 4 N–H and O–H groups in total. The molecule has 0 spiro atoms. The van der Waals surface area contributed by atoms with Crippen LogP contribution in [0.1, 0.15) is 16.1 Å². The van der Waals surface area contributed by atoms with E-state index in [1.165, 1.54) is 0 Å².